The first kappa shape index (κ1) is 19.2. The van der Waals surface area contributed by atoms with Crippen molar-refractivity contribution in [2.75, 3.05) is 0 Å². The van der Waals surface area contributed by atoms with E-state index in [4.69, 9.17) is 0 Å². The van der Waals surface area contributed by atoms with Crippen molar-refractivity contribution in [2.45, 2.75) is 45.8 Å². The summed E-state index contributed by atoms with van der Waals surface area (Å²) >= 11 is 0. The molecule has 1 aliphatic heterocycles. The number of fused-ring (bicyclic) bond motifs is 2. The highest BCUT2D eigenvalue weighted by Crippen LogP contribution is 2.26. The number of rotatable bonds is 6. The van der Waals surface area contributed by atoms with E-state index in [1.807, 2.05) is 48.5 Å². The summed E-state index contributed by atoms with van der Waals surface area (Å²) in [5, 5.41) is 3.12. The standard InChI is InChI=1S/C23H26N4O2/c1-14(2)12-20(21-24-18-10-6-7-11-19(18)25-21)26-22(28)15(3)27-13-16-8-4-5-9-17(16)23(27)29/h4-11,14-15,20H,12-13H2,1-3H3,(H,24,25)(H,26,28)/t15-,20-/m0/s1. The molecule has 0 unspecified atom stereocenters. The molecule has 4 rings (SSSR count). The molecule has 2 N–H and O–H groups in total. The Morgan fingerprint density at radius 2 is 1.86 bits per heavy atom. The SMILES string of the molecule is CC(C)C[C@H](NC(=O)[C@H](C)N1Cc2ccccc2C1=O)c1nc2ccccc2[nH]1. The van der Waals surface area contributed by atoms with Crippen molar-refractivity contribution in [3.8, 4) is 0 Å². The number of imidazole rings is 1. The van der Waals surface area contributed by atoms with Gasteiger partial charge in [0, 0.05) is 12.1 Å². The summed E-state index contributed by atoms with van der Waals surface area (Å²) in [6.07, 6.45) is 0.756. The summed E-state index contributed by atoms with van der Waals surface area (Å²) in [7, 11) is 0. The number of amides is 2. The molecule has 150 valence electrons. The van der Waals surface area contributed by atoms with Crippen molar-refractivity contribution < 1.29 is 9.59 Å². The van der Waals surface area contributed by atoms with Gasteiger partial charge in [-0.05, 0) is 43.0 Å². The maximum Gasteiger partial charge on any atom is 0.255 e. The van der Waals surface area contributed by atoms with E-state index in [-0.39, 0.29) is 17.9 Å². The number of benzene rings is 2. The molecule has 6 nitrogen and oxygen atoms in total. The molecule has 0 radical (unpaired) electrons. The number of carbonyl (C=O) groups is 2. The zero-order chi connectivity index (χ0) is 20.5. The van der Waals surface area contributed by atoms with Crippen molar-refractivity contribution in [1.29, 1.82) is 0 Å². The molecule has 0 bridgehead atoms. The number of hydrogen-bond acceptors (Lipinski definition) is 3. The minimum absolute atomic E-state index is 0.0904. The van der Waals surface area contributed by atoms with Gasteiger partial charge in [0.05, 0.1) is 17.1 Å². The molecule has 0 saturated carbocycles. The van der Waals surface area contributed by atoms with Gasteiger partial charge in [-0.1, -0.05) is 44.2 Å². The van der Waals surface area contributed by atoms with Gasteiger partial charge < -0.3 is 15.2 Å². The molecule has 0 saturated heterocycles. The second kappa shape index (κ2) is 7.70. The lowest BCUT2D eigenvalue weighted by atomic mass is 10.0. The average molecular weight is 390 g/mol. The van der Waals surface area contributed by atoms with Crippen molar-refractivity contribution in [3.63, 3.8) is 0 Å². The zero-order valence-corrected chi connectivity index (χ0v) is 17.0. The summed E-state index contributed by atoms with van der Waals surface area (Å²) in [6, 6.07) is 14.6. The first-order valence-electron chi connectivity index (χ1n) is 10.1. The molecule has 29 heavy (non-hydrogen) atoms. The maximum atomic E-state index is 13.1. The summed E-state index contributed by atoms with van der Waals surface area (Å²) < 4.78 is 0. The van der Waals surface area contributed by atoms with Gasteiger partial charge in [0.25, 0.3) is 5.91 Å². The molecule has 1 aliphatic rings. The van der Waals surface area contributed by atoms with Crippen LogP contribution < -0.4 is 5.32 Å². The molecule has 0 aliphatic carbocycles. The Morgan fingerprint density at radius 1 is 1.14 bits per heavy atom. The largest absolute Gasteiger partial charge is 0.344 e. The van der Waals surface area contributed by atoms with Gasteiger partial charge in [0.2, 0.25) is 5.91 Å². The van der Waals surface area contributed by atoms with Crippen LogP contribution in [0.15, 0.2) is 48.5 Å². The highest BCUT2D eigenvalue weighted by atomic mass is 16.2. The average Bonchev–Trinajstić information content (AvgIpc) is 3.28. The Labute approximate surface area is 170 Å². The van der Waals surface area contributed by atoms with Crippen LogP contribution in [0.1, 0.15) is 55.0 Å². The number of nitrogens with zero attached hydrogens (tertiary/aromatic N) is 2. The lowest BCUT2D eigenvalue weighted by Gasteiger charge is -2.26. The van der Waals surface area contributed by atoms with E-state index in [9.17, 15) is 9.59 Å². The summed E-state index contributed by atoms with van der Waals surface area (Å²) in [5.41, 5.74) is 3.48. The van der Waals surface area contributed by atoms with E-state index in [0.717, 1.165) is 28.8 Å². The second-order valence-electron chi connectivity index (χ2n) is 8.10. The van der Waals surface area contributed by atoms with Crippen LogP contribution in [-0.4, -0.2) is 32.7 Å². The van der Waals surface area contributed by atoms with Gasteiger partial charge >= 0.3 is 0 Å². The normalized spacial score (nSPS) is 15.6. The molecule has 0 fully saturated rings. The van der Waals surface area contributed by atoms with Crippen LogP contribution in [-0.2, 0) is 11.3 Å². The van der Waals surface area contributed by atoms with Crippen LogP contribution in [0, 0.1) is 5.92 Å². The Bertz CT molecular complexity index is 1020. The minimum Gasteiger partial charge on any atom is -0.344 e. The molecular weight excluding hydrogens is 364 g/mol. The zero-order valence-electron chi connectivity index (χ0n) is 17.0. The van der Waals surface area contributed by atoms with E-state index in [1.165, 1.54) is 0 Å². The third-order valence-electron chi connectivity index (χ3n) is 5.46. The molecule has 2 aromatic carbocycles. The third kappa shape index (κ3) is 3.75. The number of aromatic amines is 1. The van der Waals surface area contributed by atoms with Gasteiger partial charge in [-0.3, -0.25) is 9.59 Å². The molecule has 1 aromatic heterocycles. The molecular formula is C23H26N4O2. The van der Waals surface area contributed by atoms with Crippen LogP contribution in [0.5, 0.6) is 0 Å². The lowest BCUT2D eigenvalue weighted by molar-refractivity contribution is -0.126. The van der Waals surface area contributed by atoms with Crippen molar-refractivity contribution in [2.24, 2.45) is 5.92 Å². The summed E-state index contributed by atoms with van der Waals surface area (Å²) in [5.74, 6) is 0.864. The fourth-order valence-electron chi connectivity index (χ4n) is 3.87. The number of nitrogens with one attached hydrogen (secondary N) is 2. The lowest BCUT2D eigenvalue weighted by Crippen LogP contribution is -2.46. The summed E-state index contributed by atoms with van der Waals surface area (Å²) in [4.78, 5) is 35.4. The predicted octanol–water partition coefficient (Wildman–Crippen LogP) is 3.81. The first-order valence-corrected chi connectivity index (χ1v) is 10.1. The van der Waals surface area contributed by atoms with Crippen LogP contribution in [0.25, 0.3) is 11.0 Å². The molecule has 6 heteroatoms. The van der Waals surface area contributed by atoms with E-state index in [1.54, 1.807) is 11.8 Å². The fraction of sp³-hybridized carbons (Fsp3) is 0.348. The van der Waals surface area contributed by atoms with Crippen LogP contribution in [0.2, 0.25) is 0 Å². The Kier molecular flexibility index (Phi) is 5.09. The van der Waals surface area contributed by atoms with E-state index < -0.39 is 6.04 Å². The van der Waals surface area contributed by atoms with E-state index in [0.29, 0.717) is 18.0 Å². The van der Waals surface area contributed by atoms with E-state index in [2.05, 4.69) is 29.1 Å². The monoisotopic (exact) mass is 390 g/mol. The van der Waals surface area contributed by atoms with Crippen LogP contribution in [0.3, 0.4) is 0 Å². The van der Waals surface area contributed by atoms with E-state index >= 15 is 0 Å². The molecule has 2 atom stereocenters. The van der Waals surface area contributed by atoms with Crippen molar-refractivity contribution in [1.82, 2.24) is 20.2 Å². The summed E-state index contributed by atoms with van der Waals surface area (Å²) in [6.45, 7) is 6.48. The van der Waals surface area contributed by atoms with Crippen molar-refractivity contribution >= 4 is 22.8 Å². The molecule has 2 amide bonds. The number of para-hydroxylation sites is 2. The Morgan fingerprint density at radius 3 is 2.59 bits per heavy atom. The van der Waals surface area contributed by atoms with Crippen LogP contribution in [0.4, 0.5) is 0 Å². The number of carbonyl (C=O) groups excluding carboxylic acids is 2. The maximum absolute atomic E-state index is 13.1. The number of H-pyrrole nitrogens is 1. The number of hydrogen-bond donors (Lipinski definition) is 2. The molecule has 2 heterocycles. The third-order valence-corrected chi connectivity index (χ3v) is 5.46. The first-order chi connectivity index (χ1) is 13.9. The highest BCUT2D eigenvalue weighted by molar-refractivity contribution is 6.01. The Balaban J connectivity index is 1.53. The second-order valence-corrected chi connectivity index (χ2v) is 8.10. The smallest absolute Gasteiger partial charge is 0.255 e. The highest BCUT2D eigenvalue weighted by Gasteiger charge is 2.34. The topological polar surface area (TPSA) is 78.1 Å². The molecule has 0 spiro atoms. The van der Waals surface area contributed by atoms with Crippen molar-refractivity contribution in [3.05, 3.63) is 65.5 Å². The van der Waals surface area contributed by atoms with Crippen LogP contribution >= 0.6 is 0 Å². The predicted molar refractivity (Wildman–Crippen MR) is 112 cm³/mol. The van der Waals surface area contributed by atoms with Gasteiger partial charge in [-0.25, -0.2) is 4.98 Å². The van der Waals surface area contributed by atoms with Gasteiger partial charge in [-0.15, -0.1) is 0 Å². The van der Waals surface area contributed by atoms with Gasteiger partial charge in [-0.2, -0.15) is 0 Å². The number of aromatic nitrogens is 2. The fourth-order valence-corrected chi connectivity index (χ4v) is 3.87. The molecule has 3 aromatic rings. The van der Waals surface area contributed by atoms with Gasteiger partial charge in [0.15, 0.2) is 0 Å². The minimum atomic E-state index is -0.561. The van der Waals surface area contributed by atoms with Gasteiger partial charge in [0.1, 0.15) is 11.9 Å². The quantitative estimate of drug-likeness (QED) is 0.672. The Hall–Kier alpha value is -3.15.